The van der Waals surface area contributed by atoms with Gasteiger partial charge in [-0.15, -0.1) is 0 Å². The van der Waals surface area contributed by atoms with Crippen LogP contribution in [0.5, 0.6) is 0 Å². The summed E-state index contributed by atoms with van der Waals surface area (Å²) in [5.41, 5.74) is 1.13. The van der Waals surface area contributed by atoms with E-state index in [1.165, 1.54) is 0 Å². The quantitative estimate of drug-likeness (QED) is 0.737. The molecule has 0 fully saturated rings. The van der Waals surface area contributed by atoms with Gasteiger partial charge in [0.05, 0.1) is 6.26 Å². The Balaban J connectivity index is 2.60. The second kappa shape index (κ2) is 4.47. The first kappa shape index (κ1) is 9.53. The zero-order valence-electron chi connectivity index (χ0n) is 8.30. The van der Waals surface area contributed by atoms with Gasteiger partial charge in [0.2, 0.25) is 0 Å². The first-order valence-corrected chi connectivity index (χ1v) is 4.86. The molecule has 15 heavy (non-hydrogen) atoms. The maximum atomic E-state index is 9.05. The highest BCUT2D eigenvalue weighted by Crippen LogP contribution is 1.97. The Hall–Kier alpha value is -2.02. The van der Waals surface area contributed by atoms with Gasteiger partial charge >= 0.3 is 0 Å². The molecule has 1 nitrogen and oxygen atoms in total. The molecule has 2 rings (SSSR count). The van der Waals surface area contributed by atoms with Gasteiger partial charge < -0.3 is 5.11 Å². The van der Waals surface area contributed by atoms with E-state index in [2.05, 4.69) is 0 Å². The molecule has 0 bridgehead atoms. The van der Waals surface area contributed by atoms with Gasteiger partial charge in [-0.2, -0.15) is 0 Å². The highest BCUT2D eigenvalue weighted by molar-refractivity contribution is 5.49. The summed E-state index contributed by atoms with van der Waals surface area (Å²) in [7, 11) is 0. The molecule has 0 aliphatic rings. The molecule has 1 N–H and O–H groups in total. The molecule has 0 unspecified atom stereocenters. The second-order valence-electron chi connectivity index (χ2n) is 3.31. The van der Waals surface area contributed by atoms with Gasteiger partial charge in [0.15, 0.2) is 0 Å². The lowest BCUT2D eigenvalue weighted by molar-refractivity contribution is 0.540. The molecule has 0 radical (unpaired) electrons. The summed E-state index contributed by atoms with van der Waals surface area (Å²) < 4.78 is 0. The average Bonchev–Trinajstić information content (AvgIpc) is 2.31. The van der Waals surface area contributed by atoms with Crippen molar-refractivity contribution < 1.29 is 5.11 Å². The molecule has 0 amide bonds. The van der Waals surface area contributed by atoms with Gasteiger partial charge in [-0.25, -0.2) is 0 Å². The zero-order valence-corrected chi connectivity index (χ0v) is 8.30. The van der Waals surface area contributed by atoms with Crippen molar-refractivity contribution in [1.82, 2.24) is 0 Å². The zero-order chi connectivity index (χ0) is 10.5. The fourth-order valence-corrected chi connectivity index (χ4v) is 1.49. The Kier molecular flexibility index (Phi) is 2.84. The van der Waals surface area contributed by atoms with Crippen LogP contribution < -0.4 is 10.4 Å². The molecule has 74 valence electrons. The van der Waals surface area contributed by atoms with Crippen LogP contribution in [-0.2, 0) is 0 Å². The summed E-state index contributed by atoms with van der Waals surface area (Å²) in [6.45, 7) is 0. The monoisotopic (exact) mass is 196 g/mol. The lowest BCUT2D eigenvalue weighted by Crippen LogP contribution is -2.23. The molecule has 2 aromatic carbocycles. The lowest BCUT2D eigenvalue weighted by Gasteiger charge is -1.92. The fraction of sp³-hybridized carbons (Fsp3) is 0. The third-order valence-electron chi connectivity index (χ3n) is 2.26. The number of aliphatic hydroxyl groups is 1. The van der Waals surface area contributed by atoms with Crippen molar-refractivity contribution in [3.63, 3.8) is 0 Å². The normalized spacial score (nSPS) is 13.1. The van der Waals surface area contributed by atoms with Crippen molar-refractivity contribution in [2.75, 3.05) is 0 Å². The van der Waals surface area contributed by atoms with Crippen LogP contribution in [0, 0.1) is 0 Å². The Morgan fingerprint density at radius 1 is 0.733 bits per heavy atom. The Labute approximate surface area is 88.6 Å². The summed E-state index contributed by atoms with van der Waals surface area (Å²) in [6, 6.07) is 17.8. The van der Waals surface area contributed by atoms with Crippen LogP contribution in [0.2, 0.25) is 0 Å². The van der Waals surface area contributed by atoms with Crippen LogP contribution in [0.4, 0.5) is 0 Å². The van der Waals surface area contributed by atoms with Crippen molar-refractivity contribution >= 4 is 12.3 Å². The van der Waals surface area contributed by atoms with Crippen LogP contribution in [0.3, 0.4) is 0 Å². The minimum atomic E-state index is 0.835. The summed E-state index contributed by atoms with van der Waals surface area (Å²) in [6.07, 6.45) is 3.18. The predicted molar refractivity (Wildman–Crippen MR) is 62.8 cm³/mol. The summed E-state index contributed by atoms with van der Waals surface area (Å²) in [4.78, 5) is 0. The summed E-state index contributed by atoms with van der Waals surface area (Å²) in [5, 5.41) is 10.9. The van der Waals surface area contributed by atoms with Crippen LogP contribution in [-0.4, -0.2) is 5.11 Å². The highest BCUT2D eigenvalue weighted by Gasteiger charge is 1.86. The van der Waals surface area contributed by atoms with Crippen LogP contribution in [0.25, 0.3) is 12.3 Å². The number of rotatable bonds is 1. The van der Waals surface area contributed by atoms with Gasteiger partial charge in [0.1, 0.15) is 0 Å². The first-order chi connectivity index (χ1) is 7.40. The first-order valence-electron chi connectivity index (χ1n) is 4.86. The minimum Gasteiger partial charge on any atom is -0.515 e. The molecule has 0 aliphatic heterocycles. The third-order valence-corrected chi connectivity index (χ3v) is 2.26. The molecule has 0 spiro atoms. The standard InChI is InChI=1S/C14H12O/c15-11-14-9-5-4-8-13(14)10-12-6-2-1-3-7-12/h1-11,15H/b13-10+,14-11+. The minimum absolute atomic E-state index is 0.835. The molecule has 2 aromatic rings. The van der Waals surface area contributed by atoms with Gasteiger partial charge in [0.25, 0.3) is 0 Å². The molecule has 0 aromatic heterocycles. The molecular weight excluding hydrogens is 184 g/mol. The van der Waals surface area contributed by atoms with Crippen molar-refractivity contribution in [3.8, 4) is 0 Å². The van der Waals surface area contributed by atoms with E-state index >= 15 is 0 Å². The lowest BCUT2D eigenvalue weighted by atomic mass is 10.1. The van der Waals surface area contributed by atoms with Crippen molar-refractivity contribution in [2.45, 2.75) is 0 Å². The maximum absolute atomic E-state index is 9.05. The summed E-state index contributed by atoms with van der Waals surface area (Å²) >= 11 is 0. The molecule has 0 saturated carbocycles. The van der Waals surface area contributed by atoms with E-state index in [4.69, 9.17) is 5.11 Å². The van der Waals surface area contributed by atoms with Gasteiger partial charge in [-0.1, -0.05) is 54.6 Å². The van der Waals surface area contributed by atoms with E-state index in [0.29, 0.717) is 0 Å². The van der Waals surface area contributed by atoms with Crippen molar-refractivity contribution in [1.29, 1.82) is 0 Å². The molecule has 0 aliphatic carbocycles. The Morgan fingerprint density at radius 2 is 1.33 bits per heavy atom. The van der Waals surface area contributed by atoms with Crippen LogP contribution in [0.1, 0.15) is 5.56 Å². The average molecular weight is 196 g/mol. The fourth-order valence-electron chi connectivity index (χ4n) is 1.49. The van der Waals surface area contributed by atoms with Gasteiger partial charge in [0, 0.05) is 5.22 Å². The van der Waals surface area contributed by atoms with Crippen LogP contribution >= 0.6 is 0 Å². The number of hydrogen-bond donors (Lipinski definition) is 1. The molecule has 0 atom stereocenters. The topological polar surface area (TPSA) is 20.2 Å². The van der Waals surface area contributed by atoms with Gasteiger partial charge in [-0.05, 0) is 16.9 Å². The molecular formula is C14H12O. The number of benzene rings is 2. The summed E-state index contributed by atoms with van der Waals surface area (Å²) in [5.74, 6) is 0. The third kappa shape index (κ3) is 2.26. The van der Waals surface area contributed by atoms with E-state index in [-0.39, 0.29) is 0 Å². The second-order valence-corrected chi connectivity index (χ2v) is 3.31. The molecule has 1 heteroatoms. The molecule has 0 saturated heterocycles. The number of aliphatic hydroxyl groups excluding tert-OH is 1. The van der Waals surface area contributed by atoms with E-state index in [1.54, 1.807) is 0 Å². The smallest absolute Gasteiger partial charge is 0.0870 e. The molecule has 0 heterocycles. The van der Waals surface area contributed by atoms with Crippen LogP contribution in [0.15, 0.2) is 54.6 Å². The van der Waals surface area contributed by atoms with E-state index in [0.717, 1.165) is 22.3 Å². The Morgan fingerprint density at radius 3 is 2.00 bits per heavy atom. The van der Waals surface area contributed by atoms with E-state index in [9.17, 15) is 0 Å². The largest absolute Gasteiger partial charge is 0.515 e. The van der Waals surface area contributed by atoms with E-state index < -0.39 is 0 Å². The number of hydrogen-bond acceptors (Lipinski definition) is 1. The van der Waals surface area contributed by atoms with Gasteiger partial charge in [-0.3, -0.25) is 0 Å². The van der Waals surface area contributed by atoms with E-state index in [1.807, 2.05) is 60.7 Å². The Bertz CT molecular complexity index is 541. The van der Waals surface area contributed by atoms with Crippen molar-refractivity contribution in [3.05, 3.63) is 70.6 Å². The highest BCUT2D eigenvalue weighted by atomic mass is 16.2. The SMILES string of the molecule is O/C=c1\cccc\c1=C/c1ccccc1. The van der Waals surface area contributed by atoms with Crippen molar-refractivity contribution in [2.24, 2.45) is 0 Å². The maximum Gasteiger partial charge on any atom is 0.0870 e. The predicted octanol–water partition coefficient (Wildman–Crippen LogP) is 1.81.